The second-order valence-corrected chi connectivity index (χ2v) is 6.78. The lowest BCUT2D eigenvalue weighted by Crippen LogP contribution is -2.19. The molecule has 1 heterocycles. The highest BCUT2D eigenvalue weighted by atomic mass is 35.5. The molecule has 0 atom stereocenters. The highest BCUT2D eigenvalue weighted by Crippen LogP contribution is 2.24. The van der Waals surface area contributed by atoms with Gasteiger partial charge in [0.2, 0.25) is 0 Å². The van der Waals surface area contributed by atoms with Crippen molar-refractivity contribution in [2.24, 2.45) is 0 Å². The molecule has 148 valence electrons. The molecule has 3 aromatic rings. The van der Waals surface area contributed by atoms with Gasteiger partial charge in [-0.2, -0.15) is 0 Å². The first-order valence-corrected chi connectivity index (χ1v) is 9.14. The van der Waals surface area contributed by atoms with Crippen LogP contribution in [0.2, 0.25) is 10.0 Å². The molecule has 3 N–H and O–H groups in total. The van der Waals surface area contributed by atoms with Crippen molar-refractivity contribution in [3.63, 3.8) is 0 Å². The van der Waals surface area contributed by atoms with Crippen LogP contribution in [0.25, 0.3) is 0 Å². The van der Waals surface area contributed by atoms with Crippen LogP contribution in [-0.2, 0) is 0 Å². The summed E-state index contributed by atoms with van der Waals surface area (Å²) in [5.41, 5.74) is 0.628. The molecule has 0 aliphatic rings. The molecule has 0 saturated carbocycles. The van der Waals surface area contributed by atoms with E-state index < -0.39 is 17.6 Å². The number of carbonyl (C=O) groups is 2. The van der Waals surface area contributed by atoms with Gasteiger partial charge in [0, 0.05) is 24.0 Å². The fraction of sp³-hybridized carbons (Fsp3) is 0.0500. The molecule has 0 saturated heterocycles. The zero-order chi connectivity index (χ0) is 21.0. The summed E-state index contributed by atoms with van der Waals surface area (Å²) >= 11 is 11.8. The number of hydrogen-bond acceptors (Lipinski definition) is 4. The number of anilines is 3. The van der Waals surface area contributed by atoms with Crippen molar-refractivity contribution in [3.8, 4) is 0 Å². The molecule has 0 aliphatic carbocycles. The molecule has 3 rings (SSSR count). The SMILES string of the molecule is CNc1ccc(C(=O)Nc2ccc(Cl)cc2C(=O)Nc2ccc(Cl)cn2)c(F)c1. The number of aromatic nitrogens is 1. The monoisotopic (exact) mass is 432 g/mol. The Bertz CT molecular complexity index is 1070. The molecule has 2 aromatic carbocycles. The quantitative estimate of drug-likeness (QED) is 0.525. The Labute approximate surface area is 176 Å². The van der Waals surface area contributed by atoms with Gasteiger partial charge in [-0.3, -0.25) is 9.59 Å². The van der Waals surface area contributed by atoms with Crippen molar-refractivity contribution >= 4 is 52.2 Å². The summed E-state index contributed by atoms with van der Waals surface area (Å²) in [4.78, 5) is 29.2. The molecule has 0 unspecified atom stereocenters. The number of benzene rings is 2. The molecule has 0 bridgehead atoms. The lowest BCUT2D eigenvalue weighted by atomic mass is 10.1. The van der Waals surface area contributed by atoms with Gasteiger partial charge in [-0.1, -0.05) is 23.2 Å². The zero-order valence-electron chi connectivity index (χ0n) is 15.1. The largest absolute Gasteiger partial charge is 0.388 e. The maximum Gasteiger partial charge on any atom is 0.258 e. The number of amides is 2. The van der Waals surface area contributed by atoms with Crippen LogP contribution in [-0.4, -0.2) is 23.8 Å². The molecule has 1 aromatic heterocycles. The number of carbonyl (C=O) groups excluding carboxylic acids is 2. The molecular formula is C20H15Cl2FN4O2. The van der Waals surface area contributed by atoms with E-state index in [1.807, 2.05) is 0 Å². The van der Waals surface area contributed by atoms with Crippen LogP contribution < -0.4 is 16.0 Å². The van der Waals surface area contributed by atoms with Gasteiger partial charge in [-0.15, -0.1) is 0 Å². The van der Waals surface area contributed by atoms with Crippen LogP contribution in [0.4, 0.5) is 21.6 Å². The van der Waals surface area contributed by atoms with E-state index in [4.69, 9.17) is 23.2 Å². The van der Waals surface area contributed by atoms with Gasteiger partial charge in [0.25, 0.3) is 11.8 Å². The number of nitrogens with one attached hydrogen (secondary N) is 3. The average Bonchev–Trinajstić information content (AvgIpc) is 2.70. The molecule has 9 heteroatoms. The summed E-state index contributed by atoms with van der Waals surface area (Å²) in [6.45, 7) is 0. The molecule has 0 radical (unpaired) electrons. The molecule has 0 spiro atoms. The fourth-order valence-electron chi connectivity index (χ4n) is 2.49. The van der Waals surface area contributed by atoms with Crippen LogP contribution in [0.15, 0.2) is 54.7 Å². The van der Waals surface area contributed by atoms with Crippen molar-refractivity contribution in [2.75, 3.05) is 23.0 Å². The summed E-state index contributed by atoms with van der Waals surface area (Å²) in [7, 11) is 1.64. The zero-order valence-corrected chi connectivity index (χ0v) is 16.6. The Balaban J connectivity index is 1.85. The van der Waals surface area contributed by atoms with Gasteiger partial charge in [0.1, 0.15) is 11.6 Å². The van der Waals surface area contributed by atoms with E-state index in [1.165, 1.54) is 42.6 Å². The van der Waals surface area contributed by atoms with E-state index in [0.717, 1.165) is 0 Å². The highest BCUT2D eigenvalue weighted by Gasteiger charge is 2.18. The average molecular weight is 433 g/mol. The minimum absolute atomic E-state index is 0.0925. The Hall–Kier alpha value is -3.16. The lowest BCUT2D eigenvalue weighted by molar-refractivity contribution is 0.102. The fourth-order valence-corrected chi connectivity index (χ4v) is 2.78. The summed E-state index contributed by atoms with van der Waals surface area (Å²) in [6.07, 6.45) is 1.38. The van der Waals surface area contributed by atoms with Gasteiger partial charge in [-0.25, -0.2) is 9.37 Å². The smallest absolute Gasteiger partial charge is 0.258 e. The normalized spacial score (nSPS) is 10.3. The molecular weight excluding hydrogens is 418 g/mol. The molecule has 0 fully saturated rings. The van der Waals surface area contributed by atoms with Crippen LogP contribution >= 0.6 is 23.2 Å². The topological polar surface area (TPSA) is 83.1 Å². The van der Waals surface area contributed by atoms with Gasteiger partial charge >= 0.3 is 0 Å². The summed E-state index contributed by atoms with van der Waals surface area (Å²) in [6, 6.07) is 11.6. The third-order valence-electron chi connectivity index (χ3n) is 3.95. The number of pyridine rings is 1. The van der Waals surface area contributed by atoms with Gasteiger partial charge in [0.15, 0.2) is 0 Å². The van der Waals surface area contributed by atoms with Gasteiger partial charge in [-0.05, 0) is 48.5 Å². The van der Waals surface area contributed by atoms with E-state index in [-0.39, 0.29) is 22.6 Å². The standard InChI is InChI=1S/C20H15Cl2FN4O2/c1-24-13-4-5-14(16(23)9-13)19(28)26-17-6-2-11(21)8-15(17)20(29)27-18-7-3-12(22)10-25-18/h2-10,24H,1H3,(H,26,28)(H,25,27,29). The number of nitrogens with zero attached hydrogens (tertiary/aromatic N) is 1. The number of halogens is 3. The summed E-state index contributed by atoms with van der Waals surface area (Å²) in [5, 5.41) is 8.64. The summed E-state index contributed by atoms with van der Waals surface area (Å²) < 4.78 is 14.2. The van der Waals surface area contributed by atoms with E-state index in [0.29, 0.717) is 15.7 Å². The first-order valence-electron chi connectivity index (χ1n) is 8.38. The maximum atomic E-state index is 14.2. The van der Waals surface area contributed by atoms with Crippen molar-refractivity contribution in [1.82, 2.24) is 4.98 Å². The lowest BCUT2D eigenvalue weighted by Gasteiger charge is -2.12. The minimum atomic E-state index is -0.703. The van der Waals surface area contributed by atoms with Crippen LogP contribution in [0.1, 0.15) is 20.7 Å². The highest BCUT2D eigenvalue weighted by molar-refractivity contribution is 6.31. The molecule has 6 nitrogen and oxygen atoms in total. The van der Waals surface area contributed by atoms with Crippen LogP contribution in [0.3, 0.4) is 0 Å². The minimum Gasteiger partial charge on any atom is -0.388 e. The van der Waals surface area contributed by atoms with E-state index in [1.54, 1.807) is 19.2 Å². The van der Waals surface area contributed by atoms with E-state index in [2.05, 4.69) is 20.9 Å². The molecule has 0 aliphatic heterocycles. The van der Waals surface area contributed by atoms with Gasteiger partial charge in [0.05, 0.1) is 21.8 Å². The third kappa shape index (κ3) is 5.01. The van der Waals surface area contributed by atoms with E-state index in [9.17, 15) is 14.0 Å². The number of hydrogen-bond donors (Lipinski definition) is 3. The Kier molecular flexibility index (Phi) is 6.31. The second kappa shape index (κ2) is 8.89. The Morgan fingerprint density at radius 2 is 1.62 bits per heavy atom. The van der Waals surface area contributed by atoms with Crippen LogP contribution in [0, 0.1) is 5.82 Å². The van der Waals surface area contributed by atoms with Crippen LogP contribution in [0.5, 0.6) is 0 Å². The first-order chi connectivity index (χ1) is 13.9. The molecule has 29 heavy (non-hydrogen) atoms. The predicted molar refractivity (Wildman–Crippen MR) is 113 cm³/mol. The third-order valence-corrected chi connectivity index (χ3v) is 4.40. The Morgan fingerprint density at radius 3 is 2.28 bits per heavy atom. The van der Waals surface area contributed by atoms with Crippen molar-refractivity contribution in [3.05, 3.63) is 81.7 Å². The van der Waals surface area contributed by atoms with Crippen molar-refractivity contribution in [1.29, 1.82) is 0 Å². The van der Waals surface area contributed by atoms with Gasteiger partial charge < -0.3 is 16.0 Å². The van der Waals surface area contributed by atoms with E-state index >= 15 is 0 Å². The Morgan fingerprint density at radius 1 is 0.897 bits per heavy atom. The predicted octanol–water partition coefficient (Wildman–Crippen LogP) is 5.07. The maximum absolute atomic E-state index is 14.2. The second-order valence-electron chi connectivity index (χ2n) is 5.90. The summed E-state index contributed by atoms with van der Waals surface area (Å²) in [5.74, 6) is -1.68. The first kappa shape index (κ1) is 20.6. The van der Waals surface area contributed by atoms with Crippen molar-refractivity contribution in [2.45, 2.75) is 0 Å². The van der Waals surface area contributed by atoms with Crippen molar-refractivity contribution < 1.29 is 14.0 Å². The number of rotatable bonds is 5. The molecule has 2 amide bonds.